The monoisotopic (exact) mass is 224 g/mol. The summed E-state index contributed by atoms with van der Waals surface area (Å²) in [7, 11) is 0. The van der Waals surface area contributed by atoms with Gasteiger partial charge in [-0.3, -0.25) is 4.90 Å². The zero-order valence-corrected chi connectivity index (χ0v) is 11.0. The van der Waals surface area contributed by atoms with Crippen LogP contribution in [-0.4, -0.2) is 48.6 Å². The minimum atomic E-state index is 0.826. The molecular weight excluding hydrogens is 196 g/mol. The summed E-state index contributed by atoms with van der Waals surface area (Å²) in [6, 6.07) is 0.826. The van der Waals surface area contributed by atoms with E-state index in [9.17, 15) is 0 Å². The molecule has 0 unspecified atom stereocenters. The van der Waals surface area contributed by atoms with Crippen LogP contribution in [0.4, 0.5) is 0 Å². The van der Waals surface area contributed by atoms with Crippen LogP contribution in [0.3, 0.4) is 0 Å². The quantitative estimate of drug-likeness (QED) is 0.727. The number of rotatable bonds is 3. The maximum absolute atomic E-state index is 2.72. The van der Waals surface area contributed by atoms with Crippen LogP contribution in [0.15, 0.2) is 0 Å². The normalized spacial score (nSPS) is 30.2. The van der Waals surface area contributed by atoms with Crippen LogP contribution >= 0.6 is 0 Å². The number of nitrogens with zero attached hydrogens (tertiary/aromatic N) is 2. The van der Waals surface area contributed by atoms with Crippen molar-refractivity contribution >= 4 is 0 Å². The summed E-state index contributed by atoms with van der Waals surface area (Å²) in [4.78, 5) is 5.39. The van der Waals surface area contributed by atoms with Crippen molar-refractivity contribution < 1.29 is 0 Å². The minimum Gasteiger partial charge on any atom is -0.302 e. The maximum Gasteiger partial charge on any atom is 0.0112 e. The first-order chi connectivity index (χ1) is 7.86. The molecule has 0 amide bonds. The Kier molecular flexibility index (Phi) is 5.11. The van der Waals surface area contributed by atoms with E-state index in [0.29, 0.717) is 0 Å². The number of hydrogen-bond donors (Lipinski definition) is 0. The van der Waals surface area contributed by atoms with Gasteiger partial charge in [-0.05, 0) is 52.2 Å². The fraction of sp³-hybridized carbons (Fsp3) is 1.00. The second-order valence-corrected chi connectivity index (χ2v) is 5.64. The molecule has 0 spiro atoms. The topological polar surface area (TPSA) is 6.48 Å². The van der Waals surface area contributed by atoms with E-state index in [1.54, 1.807) is 0 Å². The van der Waals surface area contributed by atoms with Gasteiger partial charge < -0.3 is 4.90 Å². The lowest BCUT2D eigenvalue weighted by atomic mass is 10.1. The predicted octanol–water partition coefficient (Wildman–Crippen LogP) is 2.74. The molecule has 0 aromatic carbocycles. The number of hydrogen-bond acceptors (Lipinski definition) is 2. The first-order valence-electron chi connectivity index (χ1n) is 7.32. The summed E-state index contributed by atoms with van der Waals surface area (Å²) in [5.41, 5.74) is 0. The van der Waals surface area contributed by atoms with Crippen molar-refractivity contribution in [3.63, 3.8) is 0 Å². The van der Waals surface area contributed by atoms with Crippen LogP contribution in [-0.2, 0) is 0 Å². The van der Waals surface area contributed by atoms with Crippen molar-refractivity contribution in [1.82, 2.24) is 9.80 Å². The summed E-state index contributed by atoms with van der Waals surface area (Å²) < 4.78 is 0. The molecular formula is C14H28N2. The van der Waals surface area contributed by atoms with Gasteiger partial charge in [0, 0.05) is 19.1 Å². The Morgan fingerprint density at radius 3 is 2.31 bits per heavy atom. The molecule has 2 saturated heterocycles. The Labute approximate surface area is 101 Å². The summed E-state index contributed by atoms with van der Waals surface area (Å²) >= 11 is 0. The van der Waals surface area contributed by atoms with Crippen LogP contribution in [0.25, 0.3) is 0 Å². The van der Waals surface area contributed by atoms with Gasteiger partial charge in [-0.15, -0.1) is 0 Å². The number of likely N-dealkylation sites (tertiary alicyclic amines) is 2. The molecule has 2 fully saturated rings. The standard InChI is InChI=1S/C14H28N2/c1-14-8-4-2-7-11-16(14)13-12-15-9-5-3-6-10-15/h14H,2-13H2,1H3/t14-/m0/s1. The van der Waals surface area contributed by atoms with E-state index in [-0.39, 0.29) is 0 Å². The Hall–Kier alpha value is -0.0800. The van der Waals surface area contributed by atoms with E-state index in [1.165, 1.54) is 77.7 Å². The summed E-state index contributed by atoms with van der Waals surface area (Å²) in [6.45, 7) is 9.08. The van der Waals surface area contributed by atoms with Crippen molar-refractivity contribution in [3.05, 3.63) is 0 Å². The third kappa shape index (κ3) is 3.74. The van der Waals surface area contributed by atoms with Crippen LogP contribution in [0, 0.1) is 0 Å². The van der Waals surface area contributed by atoms with Crippen LogP contribution in [0.1, 0.15) is 51.9 Å². The zero-order valence-electron chi connectivity index (χ0n) is 11.0. The predicted molar refractivity (Wildman–Crippen MR) is 69.8 cm³/mol. The second-order valence-electron chi connectivity index (χ2n) is 5.64. The molecule has 0 aliphatic carbocycles. The van der Waals surface area contributed by atoms with Gasteiger partial charge in [0.25, 0.3) is 0 Å². The van der Waals surface area contributed by atoms with E-state index >= 15 is 0 Å². The first-order valence-corrected chi connectivity index (χ1v) is 7.32. The van der Waals surface area contributed by atoms with Crippen molar-refractivity contribution in [2.24, 2.45) is 0 Å². The molecule has 2 aliphatic rings. The largest absolute Gasteiger partial charge is 0.302 e. The molecule has 94 valence electrons. The average Bonchev–Trinajstić information content (AvgIpc) is 2.53. The van der Waals surface area contributed by atoms with Gasteiger partial charge in [0.1, 0.15) is 0 Å². The second kappa shape index (κ2) is 6.61. The van der Waals surface area contributed by atoms with Gasteiger partial charge in [0.2, 0.25) is 0 Å². The van der Waals surface area contributed by atoms with Gasteiger partial charge >= 0.3 is 0 Å². The van der Waals surface area contributed by atoms with Crippen LogP contribution in [0.2, 0.25) is 0 Å². The summed E-state index contributed by atoms with van der Waals surface area (Å²) in [6.07, 6.45) is 10.0. The Bertz CT molecular complexity index is 187. The SMILES string of the molecule is C[C@H]1CCCCCN1CCN1CCCCC1. The fourth-order valence-electron chi connectivity index (χ4n) is 3.12. The molecule has 0 saturated carbocycles. The summed E-state index contributed by atoms with van der Waals surface area (Å²) in [5, 5.41) is 0. The van der Waals surface area contributed by atoms with Crippen molar-refractivity contribution in [1.29, 1.82) is 0 Å². The third-order valence-electron chi connectivity index (χ3n) is 4.34. The molecule has 2 nitrogen and oxygen atoms in total. The van der Waals surface area contributed by atoms with Gasteiger partial charge in [0.15, 0.2) is 0 Å². The molecule has 0 radical (unpaired) electrons. The highest BCUT2D eigenvalue weighted by molar-refractivity contribution is 4.74. The summed E-state index contributed by atoms with van der Waals surface area (Å²) in [5.74, 6) is 0. The molecule has 2 rings (SSSR count). The van der Waals surface area contributed by atoms with Gasteiger partial charge in [-0.2, -0.15) is 0 Å². The smallest absolute Gasteiger partial charge is 0.0112 e. The van der Waals surface area contributed by atoms with E-state index in [1.807, 2.05) is 0 Å². The van der Waals surface area contributed by atoms with Gasteiger partial charge in [-0.1, -0.05) is 19.3 Å². The minimum absolute atomic E-state index is 0.826. The molecule has 0 aromatic rings. The third-order valence-corrected chi connectivity index (χ3v) is 4.34. The molecule has 2 heterocycles. The van der Waals surface area contributed by atoms with E-state index in [0.717, 1.165) is 6.04 Å². The van der Waals surface area contributed by atoms with Crippen molar-refractivity contribution in [2.45, 2.75) is 57.9 Å². The Balaban J connectivity index is 1.70. The van der Waals surface area contributed by atoms with Crippen LogP contribution in [0.5, 0.6) is 0 Å². The van der Waals surface area contributed by atoms with Gasteiger partial charge in [0.05, 0.1) is 0 Å². The molecule has 0 aromatic heterocycles. The Morgan fingerprint density at radius 1 is 0.812 bits per heavy atom. The van der Waals surface area contributed by atoms with E-state index in [2.05, 4.69) is 16.7 Å². The number of piperidine rings is 1. The van der Waals surface area contributed by atoms with Gasteiger partial charge in [-0.25, -0.2) is 0 Å². The lowest BCUT2D eigenvalue weighted by molar-refractivity contribution is 0.156. The van der Waals surface area contributed by atoms with Crippen molar-refractivity contribution in [2.75, 3.05) is 32.7 Å². The molecule has 2 aliphatic heterocycles. The molecule has 1 atom stereocenters. The average molecular weight is 224 g/mol. The maximum atomic E-state index is 2.72. The molecule has 2 heteroatoms. The first kappa shape index (κ1) is 12.4. The fourth-order valence-corrected chi connectivity index (χ4v) is 3.12. The molecule has 0 bridgehead atoms. The van der Waals surface area contributed by atoms with E-state index in [4.69, 9.17) is 0 Å². The Morgan fingerprint density at radius 2 is 1.50 bits per heavy atom. The lowest BCUT2D eigenvalue weighted by Crippen LogP contribution is -2.41. The molecule has 16 heavy (non-hydrogen) atoms. The van der Waals surface area contributed by atoms with Crippen molar-refractivity contribution in [3.8, 4) is 0 Å². The highest BCUT2D eigenvalue weighted by atomic mass is 15.2. The van der Waals surface area contributed by atoms with E-state index < -0.39 is 0 Å². The molecule has 0 N–H and O–H groups in total. The highest BCUT2D eigenvalue weighted by Crippen LogP contribution is 2.16. The van der Waals surface area contributed by atoms with Crippen LogP contribution < -0.4 is 0 Å². The zero-order chi connectivity index (χ0) is 11.2. The lowest BCUT2D eigenvalue weighted by Gasteiger charge is -2.32. The highest BCUT2D eigenvalue weighted by Gasteiger charge is 2.18.